The molecule has 0 heterocycles. The summed E-state index contributed by atoms with van der Waals surface area (Å²) in [5.74, 6) is 0.201. The minimum atomic E-state index is 0.195. The number of hydrogen-bond donors (Lipinski definition) is 0. The Bertz CT molecular complexity index is 228. The van der Waals surface area contributed by atoms with Crippen molar-refractivity contribution in [2.75, 3.05) is 0 Å². The normalized spacial score (nSPS) is 14.6. The highest BCUT2D eigenvalue weighted by Crippen LogP contribution is 2.43. The molecule has 1 unspecified atom stereocenters. The maximum atomic E-state index is 9.43. The third-order valence-electron chi connectivity index (χ3n) is 5.02. The van der Waals surface area contributed by atoms with Gasteiger partial charge in [0.15, 0.2) is 0 Å². The van der Waals surface area contributed by atoms with Crippen LogP contribution in [0.15, 0.2) is 0 Å². The van der Waals surface area contributed by atoms with E-state index in [1.165, 1.54) is 12.8 Å². The standard InChI is InChI=1S/C15H29N/c1-7-14(5,8-2)11-13(12-16)15(6,9-3)10-4/h13H,7-11H2,1-6H3. The van der Waals surface area contributed by atoms with Gasteiger partial charge in [-0.1, -0.05) is 54.4 Å². The van der Waals surface area contributed by atoms with Crippen LogP contribution in [0.2, 0.25) is 0 Å². The van der Waals surface area contributed by atoms with E-state index in [1.54, 1.807) is 0 Å². The molecule has 0 aromatic carbocycles. The molecular weight excluding hydrogens is 194 g/mol. The first kappa shape index (κ1) is 15.5. The van der Waals surface area contributed by atoms with Crippen molar-refractivity contribution in [1.82, 2.24) is 0 Å². The lowest BCUT2D eigenvalue weighted by Gasteiger charge is -2.38. The Hall–Kier alpha value is -0.510. The van der Waals surface area contributed by atoms with Crippen LogP contribution in [0.1, 0.15) is 73.6 Å². The molecule has 94 valence electrons. The number of nitriles is 1. The van der Waals surface area contributed by atoms with Crippen LogP contribution < -0.4 is 0 Å². The molecule has 1 heteroatoms. The molecule has 0 aliphatic heterocycles. The van der Waals surface area contributed by atoms with E-state index in [0.29, 0.717) is 5.41 Å². The zero-order valence-electron chi connectivity index (χ0n) is 12.1. The fourth-order valence-electron chi connectivity index (χ4n) is 2.22. The van der Waals surface area contributed by atoms with Crippen LogP contribution in [0, 0.1) is 28.1 Å². The monoisotopic (exact) mass is 223 g/mol. The van der Waals surface area contributed by atoms with E-state index in [-0.39, 0.29) is 11.3 Å². The summed E-state index contributed by atoms with van der Waals surface area (Å²) in [6, 6.07) is 2.57. The van der Waals surface area contributed by atoms with Crippen molar-refractivity contribution < 1.29 is 0 Å². The molecule has 0 radical (unpaired) electrons. The molecule has 0 fully saturated rings. The van der Waals surface area contributed by atoms with Gasteiger partial charge in [0.2, 0.25) is 0 Å². The molecule has 0 saturated carbocycles. The Kier molecular flexibility index (Phi) is 6.08. The van der Waals surface area contributed by atoms with Crippen molar-refractivity contribution in [1.29, 1.82) is 5.26 Å². The Balaban J connectivity index is 4.83. The van der Waals surface area contributed by atoms with E-state index in [9.17, 15) is 5.26 Å². The van der Waals surface area contributed by atoms with Crippen molar-refractivity contribution in [2.45, 2.75) is 73.6 Å². The maximum Gasteiger partial charge on any atom is 0.0661 e. The fourth-order valence-corrected chi connectivity index (χ4v) is 2.22. The highest BCUT2D eigenvalue weighted by molar-refractivity contribution is 4.97. The zero-order chi connectivity index (χ0) is 12.8. The molecule has 0 aliphatic rings. The van der Waals surface area contributed by atoms with Crippen molar-refractivity contribution in [3.8, 4) is 6.07 Å². The van der Waals surface area contributed by atoms with Gasteiger partial charge in [-0.3, -0.25) is 0 Å². The lowest BCUT2D eigenvalue weighted by atomic mass is 9.66. The summed E-state index contributed by atoms with van der Waals surface area (Å²) in [4.78, 5) is 0. The Morgan fingerprint density at radius 3 is 1.62 bits per heavy atom. The molecule has 0 amide bonds. The molecular formula is C15H29N. The van der Waals surface area contributed by atoms with Crippen LogP contribution in [0.4, 0.5) is 0 Å². The van der Waals surface area contributed by atoms with E-state index >= 15 is 0 Å². The predicted molar refractivity (Wildman–Crippen MR) is 71.1 cm³/mol. The van der Waals surface area contributed by atoms with Gasteiger partial charge in [-0.15, -0.1) is 0 Å². The lowest BCUT2D eigenvalue weighted by molar-refractivity contribution is 0.135. The van der Waals surface area contributed by atoms with E-state index in [4.69, 9.17) is 0 Å². The quantitative estimate of drug-likeness (QED) is 0.584. The van der Waals surface area contributed by atoms with Gasteiger partial charge < -0.3 is 0 Å². The van der Waals surface area contributed by atoms with Gasteiger partial charge in [0.05, 0.1) is 12.0 Å². The van der Waals surface area contributed by atoms with E-state index in [0.717, 1.165) is 19.3 Å². The van der Waals surface area contributed by atoms with Gasteiger partial charge >= 0.3 is 0 Å². The first-order valence-electron chi connectivity index (χ1n) is 6.81. The van der Waals surface area contributed by atoms with E-state index < -0.39 is 0 Å². The number of nitrogens with zero attached hydrogens (tertiary/aromatic N) is 1. The van der Waals surface area contributed by atoms with Gasteiger partial charge in [-0.25, -0.2) is 0 Å². The van der Waals surface area contributed by atoms with Crippen LogP contribution in [0.5, 0.6) is 0 Å². The van der Waals surface area contributed by atoms with E-state index in [1.807, 2.05) is 0 Å². The van der Waals surface area contributed by atoms with Crippen LogP contribution in [0.3, 0.4) is 0 Å². The van der Waals surface area contributed by atoms with Gasteiger partial charge in [-0.2, -0.15) is 5.26 Å². The van der Waals surface area contributed by atoms with Crippen molar-refractivity contribution in [3.63, 3.8) is 0 Å². The van der Waals surface area contributed by atoms with Gasteiger partial charge in [0.25, 0.3) is 0 Å². The lowest BCUT2D eigenvalue weighted by Crippen LogP contribution is -2.30. The van der Waals surface area contributed by atoms with Crippen molar-refractivity contribution in [2.24, 2.45) is 16.7 Å². The maximum absolute atomic E-state index is 9.43. The Morgan fingerprint density at radius 2 is 1.38 bits per heavy atom. The van der Waals surface area contributed by atoms with Gasteiger partial charge in [-0.05, 0) is 30.1 Å². The summed E-state index contributed by atoms with van der Waals surface area (Å²) in [6.07, 6.45) is 5.60. The molecule has 0 spiro atoms. The second kappa shape index (κ2) is 6.28. The van der Waals surface area contributed by atoms with E-state index in [2.05, 4.69) is 47.6 Å². The van der Waals surface area contributed by atoms with Crippen LogP contribution in [0.25, 0.3) is 0 Å². The van der Waals surface area contributed by atoms with Gasteiger partial charge in [0, 0.05) is 0 Å². The molecule has 16 heavy (non-hydrogen) atoms. The minimum Gasteiger partial charge on any atom is -0.198 e. The fraction of sp³-hybridized carbons (Fsp3) is 0.933. The molecule has 0 aliphatic carbocycles. The predicted octanol–water partition coefficient (Wildman–Crippen LogP) is 5.17. The number of hydrogen-bond acceptors (Lipinski definition) is 1. The molecule has 0 saturated heterocycles. The summed E-state index contributed by atoms with van der Waals surface area (Å²) in [5.41, 5.74) is 0.534. The molecule has 0 rings (SSSR count). The summed E-state index contributed by atoms with van der Waals surface area (Å²) >= 11 is 0. The summed E-state index contributed by atoms with van der Waals surface area (Å²) in [7, 11) is 0. The largest absolute Gasteiger partial charge is 0.198 e. The highest BCUT2D eigenvalue weighted by Gasteiger charge is 2.35. The smallest absolute Gasteiger partial charge is 0.0661 e. The van der Waals surface area contributed by atoms with Crippen molar-refractivity contribution in [3.05, 3.63) is 0 Å². The zero-order valence-corrected chi connectivity index (χ0v) is 12.1. The second-order valence-corrected chi connectivity index (χ2v) is 5.76. The van der Waals surface area contributed by atoms with Crippen LogP contribution in [-0.4, -0.2) is 0 Å². The second-order valence-electron chi connectivity index (χ2n) is 5.76. The van der Waals surface area contributed by atoms with Crippen LogP contribution >= 0.6 is 0 Å². The Labute approximate surface area is 102 Å². The average Bonchev–Trinajstić information content (AvgIpc) is 2.34. The Morgan fingerprint density at radius 1 is 0.938 bits per heavy atom. The average molecular weight is 223 g/mol. The molecule has 0 bridgehead atoms. The van der Waals surface area contributed by atoms with Gasteiger partial charge in [0.1, 0.15) is 0 Å². The first-order chi connectivity index (χ1) is 7.41. The third kappa shape index (κ3) is 3.51. The number of rotatable bonds is 7. The molecule has 1 atom stereocenters. The van der Waals surface area contributed by atoms with Crippen molar-refractivity contribution >= 4 is 0 Å². The molecule has 0 aromatic rings. The van der Waals surface area contributed by atoms with Crippen LogP contribution in [-0.2, 0) is 0 Å². The molecule has 1 nitrogen and oxygen atoms in total. The molecule has 0 aromatic heterocycles. The minimum absolute atomic E-state index is 0.195. The third-order valence-corrected chi connectivity index (χ3v) is 5.02. The first-order valence-corrected chi connectivity index (χ1v) is 6.81. The summed E-state index contributed by atoms with van der Waals surface area (Å²) in [6.45, 7) is 13.5. The highest BCUT2D eigenvalue weighted by atomic mass is 14.4. The topological polar surface area (TPSA) is 23.8 Å². The SMILES string of the molecule is CCC(C)(CC)CC(C#N)C(C)(CC)CC. The molecule has 0 N–H and O–H groups in total. The summed E-state index contributed by atoms with van der Waals surface area (Å²) in [5, 5.41) is 9.43. The summed E-state index contributed by atoms with van der Waals surface area (Å²) < 4.78 is 0.